The predicted octanol–water partition coefficient (Wildman–Crippen LogP) is 3.57. The second kappa shape index (κ2) is 7.89. The molecule has 4 rings (SSSR count). The molecule has 0 amide bonds. The average molecular weight is 408 g/mol. The van der Waals surface area contributed by atoms with Crippen LogP contribution in [0.25, 0.3) is 16.9 Å². The number of hydrogen-bond acceptors (Lipinski definition) is 5. The zero-order chi connectivity index (χ0) is 20.4. The number of rotatable bonds is 5. The molecule has 0 atom stereocenters. The van der Waals surface area contributed by atoms with Crippen LogP contribution in [0.4, 0.5) is 0 Å². The Morgan fingerprint density at radius 1 is 1.00 bits per heavy atom. The molecule has 0 saturated heterocycles. The lowest BCUT2D eigenvalue weighted by Crippen LogP contribution is -2.23. The van der Waals surface area contributed by atoms with Crippen molar-refractivity contribution in [2.45, 2.75) is 13.5 Å². The maximum absolute atomic E-state index is 12.2. The third-order valence-corrected chi connectivity index (χ3v) is 4.83. The standard InChI is InChI=1S/C21H18ClN5O2/c1-14-9-11-15(12-10-14)18-6-4-8-20(23-18)29-13-16-17(22)5-3-7-19(16)27-21(28)26(2)24-25-27/h3-12H,13H2,1-2H3. The molecule has 0 radical (unpaired) electrons. The van der Waals surface area contributed by atoms with E-state index in [0.717, 1.165) is 15.9 Å². The molecule has 0 saturated carbocycles. The predicted molar refractivity (Wildman–Crippen MR) is 110 cm³/mol. The lowest BCUT2D eigenvalue weighted by Gasteiger charge is -2.12. The van der Waals surface area contributed by atoms with E-state index >= 15 is 0 Å². The van der Waals surface area contributed by atoms with Crippen molar-refractivity contribution in [3.8, 4) is 22.8 Å². The summed E-state index contributed by atoms with van der Waals surface area (Å²) in [5.41, 5.74) is 3.78. The Kier molecular flexibility index (Phi) is 5.14. The molecule has 4 aromatic rings. The summed E-state index contributed by atoms with van der Waals surface area (Å²) in [5.74, 6) is 0.459. The number of pyridine rings is 1. The summed E-state index contributed by atoms with van der Waals surface area (Å²) in [4.78, 5) is 16.8. The normalized spacial score (nSPS) is 10.9. The largest absolute Gasteiger partial charge is 0.473 e. The van der Waals surface area contributed by atoms with Crippen molar-refractivity contribution in [1.82, 2.24) is 24.8 Å². The van der Waals surface area contributed by atoms with Gasteiger partial charge in [-0.15, -0.1) is 0 Å². The summed E-state index contributed by atoms with van der Waals surface area (Å²) in [7, 11) is 1.53. The van der Waals surface area contributed by atoms with Gasteiger partial charge in [-0.3, -0.25) is 0 Å². The molecular weight excluding hydrogens is 390 g/mol. The number of hydrogen-bond donors (Lipinski definition) is 0. The highest BCUT2D eigenvalue weighted by Gasteiger charge is 2.15. The van der Waals surface area contributed by atoms with Gasteiger partial charge >= 0.3 is 5.69 Å². The molecular formula is C21H18ClN5O2. The first-order valence-corrected chi connectivity index (χ1v) is 9.34. The molecule has 2 aromatic carbocycles. The quantitative estimate of drug-likeness (QED) is 0.505. The molecule has 0 fully saturated rings. The van der Waals surface area contributed by atoms with Gasteiger partial charge < -0.3 is 4.74 Å². The number of benzene rings is 2. The average Bonchev–Trinajstić information content (AvgIpc) is 3.06. The Morgan fingerprint density at radius 2 is 1.76 bits per heavy atom. The van der Waals surface area contributed by atoms with E-state index in [9.17, 15) is 4.79 Å². The fourth-order valence-electron chi connectivity index (χ4n) is 2.88. The summed E-state index contributed by atoms with van der Waals surface area (Å²) in [6.45, 7) is 2.17. The minimum atomic E-state index is -0.368. The Hall–Kier alpha value is -3.45. The molecule has 2 aromatic heterocycles. The highest BCUT2D eigenvalue weighted by molar-refractivity contribution is 6.31. The third kappa shape index (κ3) is 3.90. The van der Waals surface area contributed by atoms with Crippen LogP contribution >= 0.6 is 11.6 Å². The fourth-order valence-corrected chi connectivity index (χ4v) is 3.10. The number of aryl methyl sites for hydroxylation is 2. The second-order valence-corrected chi connectivity index (χ2v) is 6.96. The van der Waals surface area contributed by atoms with E-state index in [1.165, 1.54) is 17.3 Å². The highest BCUT2D eigenvalue weighted by atomic mass is 35.5. The zero-order valence-corrected chi connectivity index (χ0v) is 16.7. The Bertz CT molecular complexity index is 1210. The first-order chi connectivity index (χ1) is 14.0. The molecule has 0 unspecified atom stereocenters. The van der Waals surface area contributed by atoms with Gasteiger partial charge in [-0.1, -0.05) is 53.6 Å². The Morgan fingerprint density at radius 3 is 2.48 bits per heavy atom. The van der Waals surface area contributed by atoms with Gasteiger partial charge in [-0.05, 0) is 35.5 Å². The van der Waals surface area contributed by atoms with Gasteiger partial charge in [0.15, 0.2) is 0 Å². The molecule has 146 valence electrons. The van der Waals surface area contributed by atoms with Gasteiger partial charge in [0.2, 0.25) is 5.88 Å². The Labute approximate surface area is 172 Å². The van der Waals surface area contributed by atoms with Gasteiger partial charge in [0.1, 0.15) is 6.61 Å². The number of aromatic nitrogens is 5. The minimum Gasteiger partial charge on any atom is -0.473 e. The van der Waals surface area contributed by atoms with Crippen LogP contribution in [-0.2, 0) is 13.7 Å². The molecule has 0 aliphatic carbocycles. The van der Waals surface area contributed by atoms with E-state index in [2.05, 4.69) is 15.4 Å². The molecule has 0 aliphatic heterocycles. The van der Waals surface area contributed by atoms with E-state index in [-0.39, 0.29) is 12.3 Å². The molecule has 0 bridgehead atoms. The van der Waals surface area contributed by atoms with Crippen LogP contribution < -0.4 is 10.4 Å². The third-order valence-electron chi connectivity index (χ3n) is 4.48. The summed E-state index contributed by atoms with van der Waals surface area (Å²) >= 11 is 6.38. The molecule has 7 nitrogen and oxygen atoms in total. The van der Waals surface area contributed by atoms with E-state index in [4.69, 9.17) is 16.3 Å². The lowest BCUT2D eigenvalue weighted by molar-refractivity contribution is 0.294. The second-order valence-electron chi connectivity index (χ2n) is 6.55. The van der Waals surface area contributed by atoms with Crippen molar-refractivity contribution >= 4 is 11.6 Å². The molecule has 2 heterocycles. The molecule has 0 N–H and O–H groups in total. The molecule has 8 heteroatoms. The van der Waals surface area contributed by atoms with Crippen LogP contribution in [0.5, 0.6) is 5.88 Å². The van der Waals surface area contributed by atoms with E-state index < -0.39 is 0 Å². The SMILES string of the molecule is Cc1ccc(-c2cccc(OCc3c(Cl)cccc3-n3nnn(C)c3=O)n2)cc1. The van der Waals surface area contributed by atoms with E-state index in [1.807, 2.05) is 43.3 Å². The topological polar surface area (TPSA) is 74.8 Å². The van der Waals surface area contributed by atoms with E-state index in [1.54, 1.807) is 24.3 Å². The number of ether oxygens (including phenoxy) is 1. The number of nitrogens with zero attached hydrogens (tertiary/aromatic N) is 5. The summed E-state index contributed by atoms with van der Waals surface area (Å²) < 4.78 is 8.25. The van der Waals surface area contributed by atoms with Crippen molar-refractivity contribution in [2.24, 2.45) is 7.05 Å². The monoisotopic (exact) mass is 407 g/mol. The van der Waals surface area contributed by atoms with Crippen molar-refractivity contribution in [3.63, 3.8) is 0 Å². The summed E-state index contributed by atoms with van der Waals surface area (Å²) in [6.07, 6.45) is 0. The van der Waals surface area contributed by atoms with Gasteiger partial charge in [-0.25, -0.2) is 9.78 Å². The molecule has 0 spiro atoms. The van der Waals surface area contributed by atoms with Gasteiger partial charge in [-0.2, -0.15) is 9.36 Å². The van der Waals surface area contributed by atoms with Crippen molar-refractivity contribution < 1.29 is 4.74 Å². The lowest BCUT2D eigenvalue weighted by atomic mass is 10.1. The number of halogens is 1. The minimum absolute atomic E-state index is 0.127. The molecule has 29 heavy (non-hydrogen) atoms. The van der Waals surface area contributed by atoms with Crippen molar-refractivity contribution in [3.05, 3.63) is 87.3 Å². The fraction of sp³-hybridized carbons (Fsp3) is 0.143. The van der Waals surface area contributed by atoms with Crippen molar-refractivity contribution in [1.29, 1.82) is 0 Å². The van der Waals surface area contributed by atoms with Crippen LogP contribution in [0.3, 0.4) is 0 Å². The van der Waals surface area contributed by atoms with Crippen molar-refractivity contribution in [2.75, 3.05) is 0 Å². The van der Waals surface area contributed by atoms with Gasteiger partial charge in [0.25, 0.3) is 0 Å². The molecule has 0 aliphatic rings. The van der Waals surface area contributed by atoms with Gasteiger partial charge in [0, 0.05) is 29.3 Å². The zero-order valence-electron chi connectivity index (χ0n) is 15.9. The summed E-state index contributed by atoms with van der Waals surface area (Å²) in [5, 5.41) is 8.11. The van der Waals surface area contributed by atoms with E-state index in [0.29, 0.717) is 22.2 Å². The first-order valence-electron chi connectivity index (χ1n) is 8.96. The van der Waals surface area contributed by atoms with Crippen LogP contribution in [0.2, 0.25) is 5.02 Å². The van der Waals surface area contributed by atoms with Crippen LogP contribution in [-0.4, -0.2) is 24.8 Å². The first kappa shape index (κ1) is 18.9. The highest BCUT2D eigenvalue weighted by Crippen LogP contribution is 2.25. The smallest absolute Gasteiger partial charge is 0.368 e. The maximum Gasteiger partial charge on any atom is 0.368 e. The van der Waals surface area contributed by atoms with Crippen LogP contribution in [0, 0.1) is 6.92 Å². The van der Waals surface area contributed by atoms with Gasteiger partial charge in [0.05, 0.1) is 11.4 Å². The maximum atomic E-state index is 12.2. The number of tetrazole rings is 1. The Balaban J connectivity index is 1.62. The summed E-state index contributed by atoms with van der Waals surface area (Å²) in [6, 6.07) is 19.0. The van der Waals surface area contributed by atoms with Crippen LogP contribution in [0.15, 0.2) is 65.5 Å². The van der Waals surface area contributed by atoms with Crippen LogP contribution in [0.1, 0.15) is 11.1 Å².